The number of hydrogen-bond donors (Lipinski definition) is 1. The summed E-state index contributed by atoms with van der Waals surface area (Å²) in [7, 11) is 0. The molecule has 0 spiro atoms. The fraction of sp³-hybridized carbons (Fsp3) is 0.438. The Kier molecular flexibility index (Phi) is 3.85. The quantitative estimate of drug-likeness (QED) is 0.928. The molecule has 1 aliphatic heterocycles. The van der Waals surface area contributed by atoms with E-state index in [4.69, 9.17) is 5.73 Å². The lowest BCUT2D eigenvalue weighted by molar-refractivity contribution is 0.162. The Morgan fingerprint density at radius 3 is 2.75 bits per heavy atom. The minimum atomic E-state index is 0.312. The van der Waals surface area contributed by atoms with Crippen LogP contribution in [-0.4, -0.2) is 33.8 Å². The molecule has 0 radical (unpaired) electrons. The maximum absolute atomic E-state index is 6.16. The van der Waals surface area contributed by atoms with Crippen molar-refractivity contribution in [3.63, 3.8) is 0 Å². The van der Waals surface area contributed by atoms with Gasteiger partial charge in [0.05, 0.1) is 5.69 Å². The van der Waals surface area contributed by atoms with Crippen LogP contribution in [0, 0.1) is 5.92 Å². The van der Waals surface area contributed by atoms with Crippen LogP contribution < -0.4 is 5.73 Å². The first-order valence-electron chi connectivity index (χ1n) is 7.29. The van der Waals surface area contributed by atoms with E-state index in [1.807, 2.05) is 16.9 Å². The standard InChI is InChI=1S/C16H22N4/c1-13-7-10-19(12-16(13)17)11-14-3-5-15(6-4-14)20-9-2-8-18-20/h2-6,8-9,13,16H,7,10-12,17H2,1H3. The molecule has 1 aliphatic rings. The highest BCUT2D eigenvalue weighted by atomic mass is 15.3. The number of likely N-dealkylation sites (tertiary alicyclic amines) is 1. The Morgan fingerprint density at radius 1 is 1.30 bits per heavy atom. The van der Waals surface area contributed by atoms with Crippen LogP contribution >= 0.6 is 0 Å². The van der Waals surface area contributed by atoms with Crippen molar-refractivity contribution < 1.29 is 0 Å². The highest BCUT2D eigenvalue weighted by molar-refractivity contribution is 5.33. The second-order valence-electron chi connectivity index (χ2n) is 5.78. The summed E-state index contributed by atoms with van der Waals surface area (Å²) in [5.41, 5.74) is 8.59. The zero-order valence-electron chi connectivity index (χ0n) is 11.9. The van der Waals surface area contributed by atoms with Crippen molar-refractivity contribution in [2.45, 2.75) is 25.9 Å². The van der Waals surface area contributed by atoms with Gasteiger partial charge < -0.3 is 5.73 Å². The van der Waals surface area contributed by atoms with Crippen molar-refractivity contribution in [2.24, 2.45) is 11.7 Å². The van der Waals surface area contributed by atoms with Gasteiger partial charge in [-0.25, -0.2) is 4.68 Å². The van der Waals surface area contributed by atoms with E-state index in [0.29, 0.717) is 12.0 Å². The van der Waals surface area contributed by atoms with Gasteiger partial charge in [-0.05, 0) is 42.6 Å². The predicted octanol–water partition coefficient (Wildman–Crippen LogP) is 2.04. The summed E-state index contributed by atoms with van der Waals surface area (Å²) in [6, 6.07) is 10.8. The Hall–Kier alpha value is -1.65. The molecule has 1 fully saturated rings. The molecule has 106 valence electrons. The Bertz CT molecular complexity index is 532. The Balaban J connectivity index is 1.64. The molecule has 2 aromatic rings. The maximum atomic E-state index is 6.16. The smallest absolute Gasteiger partial charge is 0.0645 e. The lowest BCUT2D eigenvalue weighted by Gasteiger charge is -2.35. The molecule has 2 N–H and O–H groups in total. The van der Waals surface area contributed by atoms with E-state index in [1.165, 1.54) is 12.0 Å². The molecule has 2 heterocycles. The van der Waals surface area contributed by atoms with Gasteiger partial charge in [0.15, 0.2) is 0 Å². The van der Waals surface area contributed by atoms with Crippen molar-refractivity contribution in [1.82, 2.24) is 14.7 Å². The molecule has 1 saturated heterocycles. The van der Waals surface area contributed by atoms with E-state index in [0.717, 1.165) is 25.3 Å². The lowest BCUT2D eigenvalue weighted by atomic mass is 9.94. The van der Waals surface area contributed by atoms with Crippen LogP contribution in [0.25, 0.3) is 5.69 Å². The van der Waals surface area contributed by atoms with Crippen LogP contribution in [0.4, 0.5) is 0 Å². The minimum absolute atomic E-state index is 0.312. The molecule has 0 aliphatic carbocycles. The largest absolute Gasteiger partial charge is 0.326 e. The first kappa shape index (κ1) is 13.3. The molecule has 1 aromatic carbocycles. The summed E-state index contributed by atoms with van der Waals surface area (Å²) in [6.07, 6.45) is 4.96. The van der Waals surface area contributed by atoms with Gasteiger partial charge in [0.25, 0.3) is 0 Å². The molecule has 4 heteroatoms. The molecule has 0 amide bonds. The molecule has 20 heavy (non-hydrogen) atoms. The van der Waals surface area contributed by atoms with Gasteiger partial charge in [0.1, 0.15) is 0 Å². The van der Waals surface area contributed by atoms with Crippen LogP contribution in [0.5, 0.6) is 0 Å². The molecule has 4 nitrogen and oxygen atoms in total. The van der Waals surface area contributed by atoms with Gasteiger partial charge in [-0.3, -0.25) is 4.90 Å². The van der Waals surface area contributed by atoms with E-state index in [1.54, 1.807) is 6.20 Å². The number of rotatable bonds is 3. The summed E-state index contributed by atoms with van der Waals surface area (Å²) in [5.74, 6) is 0.647. The second kappa shape index (κ2) is 5.77. The highest BCUT2D eigenvalue weighted by Gasteiger charge is 2.22. The number of benzene rings is 1. The third kappa shape index (κ3) is 2.92. The fourth-order valence-corrected chi connectivity index (χ4v) is 2.75. The zero-order valence-corrected chi connectivity index (χ0v) is 11.9. The van der Waals surface area contributed by atoms with Crippen molar-refractivity contribution in [3.8, 4) is 5.69 Å². The number of piperidine rings is 1. The van der Waals surface area contributed by atoms with E-state index < -0.39 is 0 Å². The molecule has 0 saturated carbocycles. The van der Waals surface area contributed by atoms with E-state index in [-0.39, 0.29) is 0 Å². The third-order valence-corrected chi connectivity index (χ3v) is 4.21. The molecular weight excluding hydrogens is 248 g/mol. The van der Waals surface area contributed by atoms with Gasteiger partial charge in [0, 0.05) is 31.5 Å². The van der Waals surface area contributed by atoms with Gasteiger partial charge in [-0.1, -0.05) is 19.1 Å². The van der Waals surface area contributed by atoms with Gasteiger partial charge in [-0.15, -0.1) is 0 Å². The molecule has 2 atom stereocenters. The summed E-state index contributed by atoms with van der Waals surface area (Å²) >= 11 is 0. The molecule has 0 bridgehead atoms. The van der Waals surface area contributed by atoms with Crippen LogP contribution in [0.1, 0.15) is 18.9 Å². The van der Waals surface area contributed by atoms with Crippen LogP contribution in [-0.2, 0) is 6.54 Å². The number of nitrogens with zero attached hydrogens (tertiary/aromatic N) is 3. The normalized spacial score (nSPS) is 23.9. The average molecular weight is 270 g/mol. The summed E-state index contributed by atoms with van der Waals surface area (Å²) in [6.45, 7) is 5.39. The molecular formula is C16H22N4. The van der Waals surface area contributed by atoms with E-state index in [9.17, 15) is 0 Å². The zero-order chi connectivity index (χ0) is 13.9. The Morgan fingerprint density at radius 2 is 2.10 bits per heavy atom. The fourth-order valence-electron chi connectivity index (χ4n) is 2.75. The summed E-state index contributed by atoms with van der Waals surface area (Å²) in [5, 5.41) is 4.24. The predicted molar refractivity (Wildman–Crippen MR) is 80.6 cm³/mol. The molecule has 2 unspecified atom stereocenters. The van der Waals surface area contributed by atoms with Crippen molar-refractivity contribution in [3.05, 3.63) is 48.3 Å². The van der Waals surface area contributed by atoms with E-state index >= 15 is 0 Å². The third-order valence-electron chi connectivity index (χ3n) is 4.21. The first-order valence-corrected chi connectivity index (χ1v) is 7.29. The van der Waals surface area contributed by atoms with Crippen LogP contribution in [0.3, 0.4) is 0 Å². The SMILES string of the molecule is CC1CCN(Cc2ccc(-n3cccn3)cc2)CC1N. The first-order chi connectivity index (χ1) is 9.72. The van der Waals surface area contributed by atoms with Crippen molar-refractivity contribution in [2.75, 3.05) is 13.1 Å². The van der Waals surface area contributed by atoms with Gasteiger partial charge in [0.2, 0.25) is 0 Å². The number of nitrogens with two attached hydrogens (primary N) is 1. The van der Waals surface area contributed by atoms with E-state index in [2.05, 4.69) is 41.2 Å². The second-order valence-corrected chi connectivity index (χ2v) is 5.78. The lowest BCUT2D eigenvalue weighted by Crippen LogP contribution is -2.47. The summed E-state index contributed by atoms with van der Waals surface area (Å²) in [4.78, 5) is 2.45. The number of aromatic nitrogens is 2. The van der Waals surface area contributed by atoms with Gasteiger partial charge in [-0.2, -0.15) is 5.10 Å². The monoisotopic (exact) mass is 270 g/mol. The molecule has 3 rings (SSSR count). The maximum Gasteiger partial charge on any atom is 0.0645 e. The van der Waals surface area contributed by atoms with Crippen LogP contribution in [0.15, 0.2) is 42.7 Å². The van der Waals surface area contributed by atoms with Gasteiger partial charge >= 0.3 is 0 Å². The molecule has 1 aromatic heterocycles. The topological polar surface area (TPSA) is 47.1 Å². The van der Waals surface area contributed by atoms with Crippen molar-refractivity contribution in [1.29, 1.82) is 0 Å². The minimum Gasteiger partial charge on any atom is -0.326 e. The van der Waals surface area contributed by atoms with Crippen molar-refractivity contribution >= 4 is 0 Å². The highest BCUT2D eigenvalue weighted by Crippen LogP contribution is 2.18. The Labute approximate surface area is 120 Å². The van der Waals surface area contributed by atoms with Crippen LogP contribution in [0.2, 0.25) is 0 Å². The number of hydrogen-bond acceptors (Lipinski definition) is 3. The summed E-state index contributed by atoms with van der Waals surface area (Å²) < 4.78 is 1.88. The average Bonchev–Trinajstić information content (AvgIpc) is 2.98.